The lowest BCUT2D eigenvalue weighted by molar-refractivity contribution is -0.162. The number of aliphatic carboxylic acids is 2. The highest BCUT2D eigenvalue weighted by Crippen LogP contribution is 2.20. The zero-order valence-corrected chi connectivity index (χ0v) is 15.2. The van der Waals surface area contributed by atoms with Gasteiger partial charge < -0.3 is 20.4 Å². The normalized spacial score (nSPS) is 13.1. The van der Waals surface area contributed by atoms with E-state index < -0.39 is 29.9 Å². The molecule has 7 nitrogen and oxygen atoms in total. The molecule has 0 aromatic heterocycles. The van der Waals surface area contributed by atoms with Gasteiger partial charge in [0.25, 0.3) is 0 Å². The summed E-state index contributed by atoms with van der Waals surface area (Å²) in [5.74, 6) is -3.28. The molecule has 1 aromatic carbocycles. The van der Waals surface area contributed by atoms with Gasteiger partial charge in [-0.05, 0) is 42.7 Å². The fourth-order valence-electron chi connectivity index (χ4n) is 2.38. The van der Waals surface area contributed by atoms with E-state index in [1.807, 2.05) is 12.1 Å². The third-order valence-electron chi connectivity index (χ3n) is 3.89. The molecule has 0 fully saturated rings. The maximum Gasteiger partial charge on any atom is 0.337 e. The predicted octanol–water partition coefficient (Wildman–Crippen LogP) is 2.51. The van der Waals surface area contributed by atoms with Gasteiger partial charge in [-0.15, -0.1) is 0 Å². The summed E-state index contributed by atoms with van der Waals surface area (Å²) in [6.45, 7) is 0. The lowest BCUT2D eigenvalue weighted by Gasteiger charge is -2.20. The average molecular weight is 384 g/mol. The van der Waals surface area contributed by atoms with Crippen LogP contribution in [0.3, 0.4) is 0 Å². The second-order valence-corrected chi connectivity index (χ2v) is 7.23. The molecular weight excluding hydrogens is 360 g/mol. The number of aryl methyl sites for hydroxylation is 1. The molecule has 0 spiro atoms. The van der Waals surface area contributed by atoms with E-state index in [1.54, 1.807) is 12.1 Å². The number of hydrogen-bond acceptors (Lipinski definition) is 5. The van der Waals surface area contributed by atoms with Crippen molar-refractivity contribution >= 4 is 29.7 Å². The van der Waals surface area contributed by atoms with E-state index in [4.69, 9.17) is 15.3 Å². The van der Waals surface area contributed by atoms with Crippen molar-refractivity contribution in [1.29, 1.82) is 0 Å². The molecule has 1 aromatic rings. The molecule has 4 N–H and O–H groups in total. The van der Waals surface area contributed by atoms with Gasteiger partial charge in [0.2, 0.25) is 0 Å². The van der Waals surface area contributed by atoms with Crippen LogP contribution in [-0.4, -0.2) is 55.4 Å². The van der Waals surface area contributed by atoms with Crippen LogP contribution in [0.15, 0.2) is 24.3 Å². The van der Waals surface area contributed by atoms with Gasteiger partial charge in [-0.1, -0.05) is 25.0 Å². The van der Waals surface area contributed by atoms with E-state index >= 15 is 0 Å². The molecule has 0 amide bonds. The number of benzene rings is 1. The largest absolute Gasteiger partial charge is 0.481 e. The Kier molecular flexibility index (Phi) is 9.15. The van der Waals surface area contributed by atoms with Gasteiger partial charge in [0, 0.05) is 5.75 Å². The zero-order chi connectivity index (χ0) is 19.6. The van der Waals surface area contributed by atoms with Crippen LogP contribution < -0.4 is 0 Å². The molecule has 0 heterocycles. The summed E-state index contributed by atoms with van der Waals surface area (Å²) < 4.78 is 0. The molecule has 0 aliphatic rings. The fourth-order valence-corrected chi connectivity index (χ4v) is 3.50. The van der Waals surface area contributed by atoms with E-state index in [1.165, 1.54) is 11.8 Å². The standard InChI is InChI=1S/C18H24O7S/c19-15(20)11-18(25,17(23)24)12-26-10-4-2-1-3-5-13-6-8-14(9-7-13)16(21)22/h6-9,25H,1-5,10-12H2,(H,19,20)(H,21,22)(H,23,24)/t18-/m1/s1. The summed E-state index contributed by atoms with van der Waals surface area (Å²) in [6, 6.07) is 6.81. The van der Waals surface area contributed by atoms with Crippen LogP contribution in [-0.2, 0) is 16.0 Å². The van der Waals surface area contributed by atoms with Crippen molar-refractivity contribution in [2.24, 2.45) is 0 Å². The first kappa shape index (κ1) is 22.0. The van der Waals surface area contributed by atoms with Gasteiger partial charge in [-0.2, -0.15) is 11.8 Å². The molecule has 0 bridgehead atoms. The van der Waals surface area contributed by atoms with Crippen molar-refractivity contribution in [3.8, 4) is 0 Å². The fraction of sp³-hybridized carbons (Fsp3) is 0.500. The molecule has 0 aliphatic heterocycles. The number of hydrogen-bond donors (Lipinski definition) is 4. The van der Waals surface area contributed by atoms with Crippen LogP contribution in [0.5, 0.6) is 0 Å². The van der Waals surface area contributed by atoms with Gasteiger partial charge >= 0.3 is 17.9 Å². The highest BCUT2D eigenvalue weighted by Gasteiger charge is 2.38. The molecule has 1 rings (SSSR count). The minimum Gasteiger partial charge on any atom is -0.481 e. The van der Waals surface area contributed by atoms with Crippen molar-refractivity contribution in [1.82, 2.24) is 0 Å². The van der Waals surface area contributed by atoms with Crippen molar-refractivity contribution in [3.63, 3.8) is 0 Å². The number of carboxylic acid groups (broad SMARTS) is 3. The van der Waals surface area contributed by atoms with Gasteiger partial charge in [-0.25, -0.2) is 9.59 Å². The first-order valence-corrected chi connectivity index (χ1v) is 9.47. The summed E-state index contributed by atoms with van der Waals surface area (Å²) >= 11 is 1.24. The number of carbonyl (C=O) groups is 3. The van der Waals surface area contributed by atoms with Gasteiger partial charge in [0.15, 0.2) is 5.60 Å². The second-order valence-electron chi connectivity index (χ2n) is 6.13. The third-order valence-corrected chi connectivity index (χ3v) is 5.15. The Morgan fingerprint density at radius 3 is 2.08 bits per heavy atom. The van der Waals surface area contributed by atoms with Crippen LogP contribution in [0.4, 0.5) is 0 Å². The van der Waals surface area contributed by atoms with Crippen molar-refractivity contribution in [2.75, 3.05) is 11.5 Å². The molecule has 0 aliphatic carbocycles. The van der Waals surface area contributed by atoms with Crippen molar-refractivity contribution in [2.45, 2.75) is 44.1 Å². The van der Waals surface area contributed by atoms with E-state index in [-0.39, 0.29) is 11.3 Å². The van der Waals surface area contributed by atoms with Crippen LogP contribution in [0.1, 0.15) is 48.0 Å². The summed E-state index contributed by atoms with van der Waals surface area (Å²) in [6.07, 6.45) is 3.81. The second kappa shape index (κ2) is 10.8. The Labute approximate surface area is 156 Å². The van der Waals surface area contributed by atoms with E-state index in [2.05, 4.69) is 0 Å². The smallest absolute Gasteiger partial charge is 0.337 e. The molecule has 0 saturated heterocycles. The number of carboxylic acids is 3. The molecule has 8 heteroatoms. The molecule has 26 heavy (non-hydrogen) atoms. The zero-order valence-electron chi connectivity index (χ0n) is 14.4. The Hall–Kier alpha value is -2.06. The number of aromatic carboxylic acids is 1. The predicted molar refractivity (Wildman–Crippen MR) is 97.7 cm³/mol. The van der Waals surface area contributed by atoms with Gasteiger partial charge in [0.05, 0.1) is 12.0 Å². The van der Waals surface area contributed by atoms with Crippen LogP contribution in [0, 0.1) is 0 Å². The SMILES string of the molecule is O=C(O)C[C@@](O)(CSCCCCCCc1ccc(C(=O)O)cc1)C(=O)O. The Morgan fingerprint density at radius 2 is 1.54 bits per heavy atom. The Bertz CT molecular complexity index is 614. The molecular formula is C18H24O7S. The maximum atomic E-state index is 11.0. The first-order chi connectivity index (χ1) is 12.2. The maximum absolute atomic E-state index is 11.0. The Balaban J connectivity index is 2.16. The lowest BCUT2D eigenvalue weighted by Crippen LogP contribution is -2.43. The van der Waals surface area contributed by atoms with E-state index in [0.29, 0.717) is 5.75 Å². The summed E-state index contributed by atoms with van der Waals surface area (Å²) in [7, 11) is 0. The Morgan fingerprint density at radius 1 is 0.923 bits per heavy atom. The average Bonchev–Trinajstić information content (AvgIpc) is 2.56. The van der Waals surface area contributed by atoms with Crippen LogP contribution in [0.25, 0.3) is 0 Å². The number of rotatable bonds is 13. The minimum absolute atomic E-state index is 0.148. The topological polar surface area (TPSA) is 132 Å². The highest BCUT2D eigenvalue weighted by molar-refractivity contribution is 7.99. The molecule has 0 saturated carbocycles. The number of thioether (sulfide) groups is 1. The molecule has 0 radical (unpaired) electrons. The molecule has 144 valence electrons. The van der Waals surface area contributed by atoms with E-state index in [9.17, 15) is 19.5 Å². The van der Waals surface area contributed by atoms with Crippen LogP contribution >= 0.6 is 11.8 Å². The number of unbranched alkanes of at least 4 members (excludes halogenated alkanes) is 3. The lowest BCUT2D eigenvalue weighted by atomic mass is 10.0. The monoisotopic (exact) mass is 384 g/mol. The molecule has 1 atom stereocenters. The summed E-state index contributed by atoms with van der Waals surface area (Å²) in [4.78, 5) is 32.4. The third kappa shape index (κ3) is 7.88. The number of aliphatic hydroxyl groups is 1. The minimum atomic E-state index is -2.22. The van der Waals surface area contributed by atoms with Crippen molar-refractivity contribution < 1.29 is 34.8 Å². The summed E-state index contributed by atoms with van der Waals surface area (Å²) in [5, 5.41) is 36.3. The highest BCUT2D eigenvalue weighted by atomic mass is 32.2. The van der Waals surface area contributed by atoms with Gasteiger partial charge in [0.1, 0.15) is 0 Å². The first-order valence-electron chi connectivity index (χ1n) is 8.32. The summed E-state index contributed by atoms with van der Waals surface area (Å²) in [5.41, 5.74) is -0.863. The van der Waals surface area contributed by atoms with E-state index in [0.717, 1.165) is 37.7 Å². The van der Waals surface area contributed by atoms with Crippen molar-refractivity contribution in [3.05, 3.63) is 35.4 Å². The molecule has 0 unspecified atom stereocenters. The van der Waals surface area contributed by atoms with Crippen LogP contribution in [0.2, 0.25) is 0 Å². The quantitative estimate of drug-likeness (QED) is 0.381. The van der Waals surface area contributed by atoms with Gasteiger partial charge in [-0.3, -0.25) is 4.79 Å².